The summed E-state index contributed by atoms with van der Waals surface area (Å²) in [5.74, 6) is -1.05. The van der Waals surface area contributed by atoms with Crippen LogP contribution in [0.3, 0.4) is 0 Å². The largest absolute Gasteiger partial charge is 0.481 e. The van der Waals surface area contributed by atoms with Crippen LogP contribution < -0.4 is 0 Å². The zero-order valence-electron chi connectivity index (χ0n) is 19.5. The highest BCUT2D eigenvalue weighted by Gasteiger charge is 2.50. The highest BCUT2D eigenvalue weighted by Crippen LogP contribution is 2.31. The lowest BCUT2D eigenvalue weighted by atomic mass is 9.97. The van der Waals surface area contributed by atoms with Gasteiger partial charge >= 0.3 is 5.97 Å². The van der Waals surface area contributed by atoms with Crippen molar-refractivity contribution in [3.05, 3.63) is 0 Å². The molecule has 2 saturated heterocycles. The molecule has 11 nitrogen and oxygen atoms in total. The normalized spacial score (nSPS) is 40.5. The van der Waals surface area contributed by atoms with E-state index in [-0.39, 0.29) is 6.42 Å². The molecule has 2 unspecified atom stereocenters. The average molecular weight is 481 g/mol. The molecule has 2 rings (SSSR count). The molecule has 0 saturated carbocycles. The van der Waals surface area contributed by atoms with Crippen molar-refractivity contribution in [1.82, 2.24) is 0 Å². The molecule has 11 heteroatoms. The number of unbranched alkanes of at least 4 members (excludes halogenated alkanes) is 4. The molecule has 11 atom stereocenters. The number of carboxylic acids is 1. The second-order valence-corrected chi connectivity index (χ2v) is 9.03. The van der Waals surface area contributed by atoms with Crippen molar-refractivity contribution in [2.24, 2.45) is 0 Å². The van der Waals surface area contributed by atoms with Crippen molar-refractivity contribution < 1.29 is 54.4 Å². The topological polar surface area (TPSA) is 175 Å². The maximum Gasteiger partial charge on any atom is 0.305 e. The number of rotatable bonds is 12. The van der Waals surface area contributed by atoms with Gasteiger partial charge in [-0.25, -0.2) is 0 Å². The molecular weight excluding hydrogens is 440 g/mol. The van der Waals surface area contributed by atoms with E-state index in [0.29, 0.717) is 6.42 Å². The standard InChI is InChI=1S/C22H40O11/c1-4-5-6-7-8-9-13(10-14(23)24)32-22-20(18(28)16(26)12(3)31-22)33-21-19(29)17(27)15(25)11(2)30-21/h11-13,15-22,25-29H,4-10H2,1-3H3,(H,23,24)/t11-,12+,13?,15?,16+,17-,18-,19-,20-,21+,22+/m1/s1. The molecule has 0 aromatic rings. The predicted molar refractivity (Wildman–Crippen MR) is 114 cm³/mol. The van der Waals surface area contributed by atoms with E-state index in [4.69, 9.17) is 18.9 Å². The maximum atomic E-state index is 11.4. The van der Waals surface area contributed by atoms with Crippen LogP contribution in [0.5, 0.6) is 0 Å². The SMILES string of the molecule is CCCCCCCC(CC(=O)O)O[C@@H]1O[C@@H](C)[C@H](O)[C@@H](O)[C@H]1O[C@@H]1O[C@H](C)C(O)[C@@H](O)[C@H]1O. The Morgan fingerprint density at radius 3 is 2.00 bits per heavy atom. The number of carbonyl (C=O) groups is 1. The molecule has 2 aliphatic heterocycles. The van der Waals surface area contributed by atoms with Crippen molar-refractivity contribution in [2.75, 3.05) is 0 Å². The first kappa shape index (κ1) is 28.3. The fourth-order valence-corrected chi connectivity index (χ4v) is 4.12. The van der Waals surface area contributed by atoms with Gasteiger partial charge in [0.15, 0.2) is 12.6 Å². The number of hydrogen-bond acceptors (Lipinski definition) is 10. The number of ether oxygens (including phenoxy) is 4. The van der Waals surface area contributed by atoms with Gasteiger partial charge in [0.25, 0.3) is 0 Å². The summed E-state index contributed by atoms with van der Waals surface area (Å²) in [6, 6.07) is 0. The predicted octanol–water partition coefficient (Wildman–Crippen LogP) is -0.114. The number of hydrogen-bond donors (Lipinski definition) is 6. The Kier molecular flexibility index (Phi) is 11.4. The molecule has 0 aliphatic carbocycles. The van der Waals surface area contributed by atoms with Gasteiger partial charge in [-0.15, -0.1) is 0 Å². The van der Waals surface area contributed by atoms with Crippen LogP contribution in [0, 0.1) is 0 Å². The molecule has 33 heavy (non-hydrogen) atoms. The van der Waals surface area contributed by atoms with Crippen molar-refractivity contribution in [1.29, 1.82) is 0 Å². The lowest BCUT2D eigenvalue weighted by Gasteiger charge is -2.46. The molecule has 0 spiro atoms. The molecule has 6 N–H and O–H groups in total. The van der Waals surface area contributed by atoms with E-state index < -0.39 is 73.5 Å². The Morgan fingerprint density at radius 1 is 0.818 bits per heavy atom. The quantitative estimate of drug-likeness (QED) is 0.205. The van der Waals surface area contributed by atoms with Crippen molar-refractivity contribution in [3.63, 3.8) is 0 Å². The van der Waals surface area contributed by atoms with Gasteiger partial charge in [-0.05, 0) is 20.3 Å². The van der Waals surface area contributed by atoms with Crippen molar-refractivity contribution in [3.8, 4) is 0 Å². The van der Waals surface area contributed by atoms with Gasteiger partial charge in [0.05, 0.1) is 24.7 Å². The zero-order chi connectivity index (χ0) is 24.7. The number of aliphatic hydroxyl groups excluding tert-OH is 5. The Balaban J connectivity index is 2.11. The van der Waals surface area contributed by atoms with Crippen LogP contribution in [0.1, 0.15) is 65.7 Å². The molecule has 0 amide bonds. The Morgan fingerprint density at radius 2 is 1.39 bits per heavy atom. The molecule has 194 valence electrons. The van der Waals surface area contributed by atoms with Crippen molar-refractivity contribution >= 4 is 5.97 Å². The summed E-state index contributed by atoms with van der Waals surface area (Å²) >= 11 is 0. The summed E-state index contributed by atoms with van der Waals surface area (Å²) in [5.41, 5.74) is 0. The van der Waals surface area contributed by atoms with Gasteiger partial charge in [0.2, 0.25) is 0 Å². The van der Waals surface area contributed by atoms with E-state index in [1.54, 1.807) is 0 Å². The van der Waals surface area contributed by atoms with Crippen molar-refractivity contribution in [2.45, 2.75) is 133 Å². The minimum atomic E-state index is -1.63. The average Bonchev–Trinajstić information content (AvgIpc) is 2.76. The maximum absolute atomic E-state index is 11.4. The number of aliphatic hydroxyl groups is 5. The minimum Gasteiger partial charge on any atom is -0.481 e. The van der Waals surface area contributed by atoms with Crippen LogP contribution in [0.25, 0.3) is 0 Å². The first-order chi connectivity index (χ1) is 15.6. The van der Waals surface area contributed by atoms with E-state index in [1.165, 1.54) is 13.8 Å². The van der Waals surface area contributed by atoms with Gasteiger partial charge in [-0.3, -0.25) is 4.79 Å². The molecule has 2 heterocycles. The van der Waals surface area contributed by atoms with E-state index >= 15 is 0 Å². The molecule has 2 aliphatic rings. The summed E-state index contributed by atoms with van der Waals surface area (Å²) in [4.78, 5) is 11.4. The molecule has 0 aromatic carbocycles. The van der Waals surface area contributed by atoms with E-state index in [1.807, 2.05) is 0 Å². The lowest BCUT2D eigenvalue weighted by Crippen LogP contribution is -2.63. The Labute approximate surface area is 194 Å². The highest BCUT2D eigenvalue weighted by atomic mass is 16.8. The highest BCUT2D eigenvalue weighted by molar-refractivity contribution is 5.67. The Hall–Kier alpha value is -0.890. The second-order valence-electron chi connectivity index (χ2n) is 9.03. The van der Waals surface area contributed by atoms with E-state index in [9.17, 15) is 35.4 Å². The van der Waals surface area contributed by atoms with E-state index in [2.05, 4.69) is 6.92 Å². The molecule has 0 bridgehead atoms. The number of aliphatic carboxylic acids is 1. The van der Waals surface area contributed by atoms with Gasteiger partial charge in [0.1, 0.15) is 36.6 Å². The summed E-state index contributed by atoms with van der Waals surface area (Å²) in [6.07, 6.45) is -8.75. The minimum absolute atomic E-state index is 0.280. The summed E-state index contributed by atoms with van der Waals surface area (Å²) < 4.78 is 22.7. The summed E-state index contributed by atoms with van der Waals surface area (Å²) in [5, 5.41) is 60.4. The first-order valence-electron chi connectivity index (χ1n) is 11.8. The zero-order valence-corrected chi connectivity index (χ0v) is 19.5. The van der Waals surface area contributed by atoms with Crippen LogP contribution in [0.15, 0.2) is 0 Å². The summed E-state index contributed by atoms with van der Waals surface area (Å²) in [7, 11) is 0. The van der Waals surface area contributed by atoms with Crippen LogP contribution in [0.2, 0.25) is 0 Å². The van der Waals surface area contributed by atoms with Crippen LogP contribution in [-0.2, 0) is 23.7 Å². The fraction of sp³-hybridized carbons (Fsp3) is 0.955. The number of carboxylic acid groups (broad SMARTS) is 1. The third-order valence-electron chi connectivity index (χ3n) is 6.24. The fourth-order valence-electron chi connectivity index (χ4n) is 4.12. The van der Waals surface area contributed by atoms with Crippen LogP contribution >= 0.6 is 0 Å². The molecule has 0 aromatic heterocycles. The third-order valence-corrected chi connectivity index (χ3v) is 6.24. The molecule has 0 radical (unpaired) electrons. The second kappa shape index (κ2) is 13.3. The molecular formula is C22H40O11. The van der Waals surface area contributed by atoms with Gasteiger partial charge in [0, 0.05) is 0 Å². The third kappa shape index (κ3) is 7.81. The lowest BCUT2D eigenvalue weighted by molar-refractivity contribution is -0.366. The van der Waals surface area contributed by atoms with Crippen LogP contribution in [0.4, 0.5) is 0 Å². The van der Waals surface area contributed by atoms with Gasteiger partial charge in [-0.2, -0.15) is 0 Å². The smallest absolute Gasteiger partial charge is 0.305 e. The summed E-state index contributed by atoms with van der Waals surface area (Å²) in [6.45, 7) is 5.12. The monoisotopic (exact) mass is 480 g/mol. The molecule has 2 fully saturated rings. The van der Waals surface area contributed by atoms with E-state index in [0.717, 1.165) is 32.1 Å². The van der Waals surface area contributed by atoms with Crippen LogP contribution in [-0.4, -0.2) is 104 Å². The Bertz CT molecular complexity index is 591. The first-order valence-corrected chi connectivity index (χ1v) is 11.8. The van der Waals surface area contributed by atoms with Gasteiger partial charge < -0.3 is 49.6 Å². The van der Waals surface area contributed by atoms with Gasteiger partial charge in [-0.1, -0.05) is 39.0 Å².